The van der Waals surface area contributed by atoms with Gasteiger partial charge in [-0.15, -0.1) is 11.3 Å². The molecule has 2 fully saturated rings. The van der Waals surface area contributed by atoms with Crippen LogP contribution in [0.2, 0.25) is 0 Å². The first-order chi connectivity index (χ1) is 16.9. The van der Waals surface area contributed by atoms with Crippen LogP contribution in [0, 0.1) is 11.3 Å². The van der Waals surface area contributed by atoms with Crippen molar-refractivity contribution in [3.8, 4) is 0 Å². The molecule has 2 aromatic heterocycles. The molecule has 35 heavy (non-hydrogen) atoms. The number of rotatable bonds is 3. The van der Waals surface area contributed by atoms with Crippen LogP contribution >= 0.6 is 23.6 Å². The van der Waals surface area contributed by atoms with Gasteiger partial charge in [-0.25, -0.2) is 9.97 Å². The SMILES string of the molecule is CC(C)(C)[C@@H]1CCc2c(sc3nc(C4CC4)nc(N4CCN(C(=S)Nc5ccccc5)CC4)c23)C1. The summed E-state index contributed by atoms with van der Waals surface area (Å²) in [5.41, 5.74) is 2.93. The zero-order valence-electron chi connectivity index (χ0n) is 21.0. The molecule has 0 unspecified atom stereocenters. The molecule has 2 aliphatic carbocycles. The Bertz CT molecular complexity index is 1230. The predicted octanol–water partition coefficient (Wildman–Crippen LogP) is 6.24. The van der Waals surface area contributed by atoms with Crippen LogP contribution in [-0.4, -0.2) is 46.2 Å². The van der Waals surface area contributed by atoms with E-state index >= 15 is 0 Å². The lowest BCUT2D eigenvalue weighted by Gasteiger charge is -2.37. The van der Waals surface area contributed by atoms with Crippen LogP contribution in [0.1, 0.15) is 62.2 Å². The minimum absolute atomic E-state index is 0.351. The highest BCUT2D eigenvalue weighted by Gasteiger charge is 2.35. The molecule has 1 aromatic carbocycles. The second-order valence-electron chi connectivity index (χ2n) is 11.4. The Balaban J connectivity index is 1.26. The third-order valence-corrected chi connectivity index (χ3v) is 9.47. The molecule has 184 valence electrons. The average Bonchev–Trinajstić information content (AvgIpc) is 3.64. The molecule has 1 saturated carbocycles. The summed E-state index contributed by atoms with van der Waals surface area (Å²) >= 11 is 7.68. The summed E-state index contributed by atoms with van der Waals surface area (Å²) in [6.07, 6.45) is 6.07. The molecule has 0 radical (unpaired) electrons. The van der Waals surface area contributed by atoms with Gasteiger partial charge in [0.25, 0.3) is 0 Å². The third-order valence-electron chi connectivity index (χ3n) is 7.97. The maximum Gasteiger partial charge on any atom is 0.173 e. The van der Waals surface area contributed by atoms with Crippen LogP contribution in [0.5, 0.6) is 0 Å². The maximum absolute atomic E-state index is 5.73. The molecule has 3 aromatic rings. The van der Waals surface area contributed by atoms with Gasteiger partial charge < -0.3 is 15.1 Å². The van der Waals surface area contributed by atoms with E-state index in [0.717, 1.165) is 55.1 Å². The first-order valence-corrected chi connectivity index (χ1v) is 14.3. The first-order valence-electron chi connectivity index (χ1n) is 13.0. The summed E-state index contributed by atoms with van der Waals surface area (Å²) in [6.45, 7) is 10.8. The summed E-state index contributed by atoms with van der Waals surface area (Å²) in [7, 11) is 0. The van der Waals surface area contributed by atoms with E-state index in [1.54, 1.807) is 4.88 Å². The van der Waals surface area contributed by atoms with Crippen molar-refractivity contribution in [2.45, 2.75) is 58.8 Å². The van der Waals surface area contributed by atoms with E-state index in [2.05, 4.69) is 48.0 Å². The molecule has 5 nitrogen and oxygen atoms in total. The second kappa shape index (κ2) is 9.00. The van der Waals surface area contributed by atoms with Crippen molar-refractivity contribution in [1.82, 2.24) is 14.9 Å². The summed E-state index contributed by atoms with van der Waals surface area (Å²) in [5, 5.41) is 5.55. The average molecular weight is 506 g/mol. The highest BCUT2D eigenvalue weighted by molar-refractivity contribution is 7.80. The number of benzene rings is 1. The van der Waals surface area contributed by atoms with E-state index in [1.165, 1.54) is 47.3 Å². The van der Waals surface area contributed by atoms with Crippen molar-refractivity contribution < 1.29 is 0 Å². The van der Waals surface area contributed by atoms with E-state index in [1.807, 2.05) is 29.5 Å². The van der Waals surface area contributed by atoms with Crippen LogP contribution < -0.4 is 10.2 Å². The fourth-order valence-electron chi connectivity index (χ4n) is 5.51. The molecule has 1 atom stereocenters. The third kappa shape index (κ3) is 4.65. The number of hydrogen-bond acceptors (Lipinski definition) is 5. The van der Waals surface area contributed by atoms with Gasteiger partial charge in [-0.3, -0.25) is 0 Å². The molecule has 1 N–H and O–H groups in total. The monoisotopic (exact) mass is 505 g/mol. The van der Waals surface area contributed by atoms with E-state index in [0.29, 0.717) is 11.3 Å². The number of nitrogens with one attached hydrogen (secondary N) is 1. The number of thiophene rings is 1. The molecule has 0 amide bonds. The van der Waals surface area contributed by atoms with Crippen LogP contribution in [0.15, 0.2) is 30.3 Å². The first kappa shape index (κ1) is 23.2. The van der Waals surface area contributed by atoms with Gasteiger partial charge in [0, 0.05) is 42.7 Å². The molecular weight excluding hydrogens is 470 g/mol. The van der Waals surface area contributed by atoms with Crippen molar-refractivity contribution in [3.63, 3.8) is 0 Å². The highest BCUT2D eigenvalue weighted by atomic mass is 32.1. The normalized spacial score (nSPS) is 20.7. The summed E-state index contributed by atoms with van der Waals surface area (Å²) in [6, 6.07) is 10.2. The molecule has 0 spiro atoms. The number of para-hydroxylation sites is 1. The number of anilines is 2. The van der Waals surface area contributed by atoms with E-state index < -0.39 is 0 Å². The highest BCUT2D eigenvalue weighted by Crippen LogP contribution is 2.47. The van der Waals surface area contributed by atoms with Crippen LogP contribution in [0.25, 0.3) is 10.2 Å². The topological polar surface area (TPSA) is 44.3 Å². The Morgan fingerprint density at radius 2 is 1.77 bits per heavy atom. The van der Waals surface area contributed by atoms with Gasteiger partial charge in [0.2, 0.25) is 0 Å². The predicted molar refractivity (Wildman–Crippen MR) is 151 cm³/mol. The lowest BCUT2D eigenvalue weighted by Crippen LogP contribution is -2.50. The van der Waals surface area contributed by atoms with Crippen molar-refractivity contribution in [2.24, 2.45) is 11.3 Å². The molecule has 3 aliphatic rings. The van der Waals surface area contributed by atoms with Gasteiger partial charge in [-0.2, -0.15) is 0 Å². The largest absolute Gasteiger partial charge is 0.352 e. The Morgan fingerprint density at radius 3 is 2.46 bits per heavy atom. The molecule has 7 heteroatoms. The number of nitrogens with zero attached hydrogens (tertiary/aromatic N) is 4. The fourth-order valence-corrected chi connectivity index (χ4v) is 7.11. The van der Waals surface area contributed by atoms with Gasteiger partial charge in [-0.05, 0) is 73.4 Å². The van der Waals surface area contributed by atoms with E-state index in [-0.39, 0.29) is 0 Å². The summed E-state index contributed by atoms with van der Waals surface area (Å²) < 4.78 is 0. The summed E-state index contributed by atoms with van der Waals surface area (Å²) in [4.78, 5) is 17.9. The van der Waals surface area contributed by atoms with Crippen LogP contribution in [-0.2, 0) is 12.8 Å². The minimum Gasteiger partial charge on any atom is -0.352 e. The zero-order valence-corrected chi connectivity index (χ0v) is 22.6. The number of fused-ring (bicyclic) bond motifs is 3. The van der Waals surface area contributed by atoms with Crippen LogP contribution in [0.3, 0.4) is 0 Å². The second-order valence-corrected chi connectivity index (χ2v) is 12.9. The lowest BCUT2D eigenvalue weighted by atomic mass is 9.72. The van der Waals surface area contributed by atoms with Crippen molar-refractivity contribution in [2.75, 3.05) is 36.4 Å². The minimum atomic E-state index is 0.351. The Kier molecular flexibility index (Phi) is 5.96. The van der Waals surface area contributed by atoms with Crippen LogP contribution in [0.4, 0.5) is 11.5 Å². The van der Waals surface area contributed by atoms with Gasteiger partial charge in [0.15, 0.2) is 5.11 Å². The number of aromatic nitrogens is 2. The molecule has 1 saturated heterocycles. The van der Waals surface area contributed by atoms with Crippen molar-refractivity contribution in [1.29, 1.82) is 0 Å². The molecule has 1 aliphatic heterocycles. The van der Waals surface area contributed by atoms with Gasteiger partial charge in [0.05, 0.1) is 5.39 Å². The lowest BCUT2D eigenvalue weighted by molar-refractivity contribution is 0.218. The Morgan fingerprint density at radius 1 is 1.03 bits per heavy atom. The smallest absolute Gasteiger partial charge is 0.173 e. The molecular formula is C28H35N5S2. The van der Waals surface area contributed by atoms with Crippen molar-refractivity contribution >= 4 is 50.4 Å². The maximum atomic E-state index is 5.73. The molecule has 6 rings (SSSR count). The number of hydrogen-bond donors (Lipinski definition) is 1. The number of thiocarbonyl (C=S) groups is 1. The number of piperazine rings is 1. The van der Waals surface area contributed by atoms with Gasteiger partial charge >= 0.3 is 0 Å². The Hall–Kier alpha value is -2.25. The van der Waals surface area contributed by atoms with Gasteiger partial charge in [-0.1, -0.05) is 39.0 Å². The van der Waals surface area contributed by atoms with Crippen molar-refractivity contribution in [3.05, 3.63) is 46.6 Å². The number of aryl methyl sites for hydroxylation is 1. The molecule has 0 bridgehead atoms. The van der Waals surface area contributed by atoms with E-state index in [4.69, 9.17) is 22.2 Å². The Labute approximate surface area is 217 Å². The fraction of sp³-hybridized carbons (Fsp3) is 0.536. The standard InChI is InChI=1S/C28H35N5S2/c1-28(2,3)19-11-12-21-22(17-19)35-26-23(21)25(30-24(31-26)18-9-10-18)32-13-15-33(16-14-32)27(34)29-20-7-5-4-6-8-20/h4-8,18-19H,9-17H2,1-3H3,(H,29,34)/t19-/m1/s1. The zero-order chi connectivity index (χ0) is 24.2. The molecule has 3 heterocycles. The summed E-state index contributed by atoms with van der Waals surface area (Å²) in [5.74, 6) is 3.56. The van der Waals surface area contributed by atoms with E-state index in [9.17, 15) is 0 Å². The van der Waals surface area contributed by atoms with Gasteiger partial charge in [0.1, 0.15) is 16.5 Å². The quantitative estimate of drug-likeness (QED) is 0.425.